The molecule has 0 aliphatic carbocycles. The molecule has 22 nitrogen and oxygen atoms in total. The molecule has 0 saturated carbocycles. The van der Waals surface area contributed by atoms with E-state index in [9.17, 15) is 0 Å². The van der Waals surface area contributed by atoms with E-state index < -0.39 is 0 Å². The third-order valence-electron chi connectivity index (χ3n) is 25.4. The maximum absolute atomic E-state index is 6.31. The summed E-state index contributed by atoms with van der Waals surface area (Å²) in [7, 11) is 8.23. The summed E-state index contributed by atoms with van der Waals surface area (Å²) in [5.74, 6) is 6.12. The van der Waals surface area contributed by atoms with Gasteiger partial charge >= 0.3 is 0 Å². The minimum absolute atomic E-state index is 0. The van der Waals surface area contributed by atoms with Gasteiger partial charge in [-0.05, 0) is 195 Å². The number of para-hydroxylation sites is 16. The van der Waals surface area contributed by atoms with Crippen molar-refractivity contribution in [1.29, 1.82) is 0 Å². The number of ether oxygens (including phenoxy) is 4. The van der Waals surface area contributed by atoms with Crippen LogP contribution in [0.5, 0.6) is 46.0 Å². The van der Waals surface area contributed by atoms with Gasteiger partial charge in [-0.3, -0.25) is 9.36 Å². The van der Waals surface area contributed by atoms with Crippen molar-refractivity contribution in [1.82, 2.24) is 29.5 Å². The Hall–Kier alpha value is -16.2. The Balaban J connectivity index is 0.000000113. The fourth-order valence-corrected chi connectivity index (χ4v) is 18.8. The molecule has 0 N–H and O–H groups in total. The molecular weight excluding hydrogens is 2540 g/mol. The summed E-state index contributed by atoms with van der Waals surface area (Å²) in [6.45, 7) is 8.34. The normalized spacial score (nSPS) is 13.3. The van der Waals surface area contributed by atoms with E-state index in [1.54, 1.807) is 29.5 Å². The van der Waals surface area contributed by atoms with Crippen molar-refractivity contribution in [3.8, 4) is 79.9 Å². The van der Waals surface area contributed by atoms with Gasteiger partial charge < -0.3 is 87.7 Å². The molecule has 8 aliphatic rings. The van der Waals surface area contributed by atoms with Crippen molar-refractivity contribution in [3.05, 3.63) is 476 Å². The first-order chi connectivity index (χ1) is 70.0. The van der Waals surface area contributed by atoms with E-state index in [-0.39, 0.29) is 84.3 Å². The van der Waals surface area contributed by atoms with Crippen molar-refractivity contribution >= 4 is 136 Å². The number of fused-ring (bicyclic) bond motifs is 12. The topological polar surface area (TPSA) is 137 Å². The summed E-state index contributed by atoms with van der Waals surface area (Å²) in [5, 5.41) is 8.75. The van der Waals surface area contributed by atoms with E-state index >= 15 is 0 Å². The van der Waals surface area contributed by atoms with Crippen LogP contribution in [0.3, 0.4) is 0 Å². The number of pyridine rings is 2. The molecule has 0 atom stereocenters. The van der Waals surface area contributed by atoms with Gasteiger partial charge in [-0.25, -0.2) is 0 Å². The van der Waals surface area contributed by atoms with Gasteiger partial charge in [0.15, 0.2) is 0 Å². The molecule has 0 amide bonds. The van der Waals surface area contributed by atoms with E-state index in [4.69, 9.17) is 18.9 Å². The molecule has 0 unspecified atom stereocenters. The van der Waals surface area contributed by atoms with Gasteiger partial charge in [0.1, 0.15) is 23.0 Å². The van der Waals surface area contributed by atoms with Gasteiger partial charge in [0.05, 0.1) is 28.5 Å². The molecule has 728 valence electrons. The van der Waals surface area contributed by atoms with Crippen LogP contribution in [-0.4, -0.2) is 57.7 Å². The standard InChI is InChI=1S/2C31H21N4O.2C29H20N5O.4Pt/c1-33-21-34(27-13-3-2-12-26(27)33)23-9-8-10-24(20-23)35-28-14-4-5-15-30(28)36-31-17-16-22(19-29(31)35)25-11-6-7-18-32-25;1-33-21-34(27-13-3-2-12-26(27)33)23-16-17-31-29(20-23)35(28-14-4-5-15-30(28)36-31)24-10-8-9-22(19-24)25-11-6-7-18-32-25;1-31-20-32(25-11-3-2-10-24(25)31)21-14-15-29-27(19-21)34(26-12-4-5-13-28(26)35-29)23-9-6-8-22(18-23)33-17-7-16-30-33;1-31-20-32(25-11-3-2-10-24(25)31)21-8-6-9-23(18-21)34-26-12-4-5-13-28(26)35-29-15-14-22(19-27(29)34)33-17-7-16-30-33;;;;/h2*2-18,21H,1H3;2*2-17,20H,1H3;;;;/q4*-3;;;;. The molecule has 8 aliphatic heterocycles. The molecule has 26 heteroatoms. The van der Waals surface area contributed by atoms with Crippen molar-refractivity contribution in [2.45, 2.75) is 0 Å². The Labute approximate surface area is 904 Å². The second-order valence-corrected chi connectivity index (χ2v) is 34.3. The average molecular weight is 2620 g/mol. The zero-order valence-corrected chi connectivity index (χ0v) is 87.5. The summed E-state index contributed by atoms with van der Waals surface area (Å²) in [6, 6.07) is 151. The Kier molecular flexibility index (Phi) is 27.1. The monoisotopic (exact) mass is 2620 g/mol. The minimum Gasteiger partial charge on any atom is -0.513 e. The summed E-state index contributed by atoms with van der Waals surface area (Å²) >= 11 is 0. The molecule has 146 heavy (non-hydrogen) atoms. The molecule has 20 aromatic rings. The fraction of sp³-hybridized carbons (Fsp3) is 0.0333. The van der Waals surface area contributed by atoms with E-state index in [0.717, 1.165) is 216 Å². The number of aromatic nitrogens is 6. The molecule has 0 fully saturated rings. The second kappa shape index (κ2) is 41.3. The van der Waals surface area contributed by atoms with Crippen LogP contribution in [0, 0.1) is 75.2 Å². The third-order valence-corrected chi connectivity index (χ3v) is 25.4. The molecule has 16 aromatic carbocycles. The fourth-order valence-electron chi connectivity index (χ4n) is 18.8. The van der Waals surface area contributed by atoms with E-state index in [1.165, 1.54) is 0 Å². The van der Waals surface area contributed by atoms with Gasteiger partial charge in [-0.2, -0.15) is 55.1 Å². The zero-order valence-electron chi connectivity index (χ0n) is 78.4. The Bertz CT molecular complexity index is 8100. The number of rotatable bonds is 12. The van der Waals surface area contributed by atoms with Crippen LogP contribution in [0.15, 0.2) is 401 Å². The predicted octanol–water partition coefficient (Wildman–Crippen LogP) is 28.8. The summed E-state index contributed by atoms with van der Waals surface area (Å²) in [4.78, 5) is 34.8. The SMILES string of the molecule is CN1[CH-]N(c2[c-]c(N3c4[c-]c(-c5ccccn5)ccc4Oc4ccccc43)ccc2)c2ccccc21.CN1[CH-]N(c2[c-]c(N3c4[c-]c(-n5cccn5)ccc4Oc4ccccc43)ccc2)c2ccccc21.CN1[CH-]N(c2[c-]c3c(cc2)Oc2ccccc2N3c2[c-]c(-c3ccccn3)ccc2)c2ccccc21.CN1[CH-]N(c2[c-]c3c(cc2)Oc2ccccc2N3c2[c-]c(-n3cccn3)ccc2)c2ccccc21.[Pt].[Pt].[Pt].[Pt]. The minimum atomic E-state index is 0. The van der Waals surface area contributed by atoms with Crippen LogP contribution >= 0.6 is 0 Å². The van der Waals surface area contributed by atoms with Crippen LogP contribution in [0.1, 0.15) is 0 Å². The van der Waals surface area contributed by atoms with Crippen LogP contribution in [-0.2, 0) is 84.3 Å². The maximum Gasteiger partial charge on any atom is 0.138 e. The summed E-state index contributed by atoms with van der Waals surface area (Å²) in [5.41, 5.74) is 28.8. The quantitative estimate of drug-likeness (QED) is 0.107. The van der Waals surface area contributed by atoms with Crippen LogP contribution in [0.4, 0.5) is 136 Å². The number of hydrogen-bond donors (Lipinski definition) is 0. The first kappa shape index (κ1) is 96.0. The molecule has 12 heterocycles. The van der Waals surface area contributed by atoms with Crippen molar-refractivity contribution in [2.75, 3.05) is 87.0 Å². The molecular formula is C120H82N18O4Pt4-12. The smallest absolute Gasteiger partial charge is 0.138 e. The first-order valence-corrected chi connectivity index (χ1v) is 46.3. The van der Waals surface area contributed by atoms with Crippen LogP contribution in [0.25, 0.3) is 33.9 Å². The number of anilines is 24. The first-order valence-electron chi connectivity index (χ1n) is 46.3. The maximum atomic E-state index is 6.31. The Morgan fingerprint density at radius 2 is 0.459 bits per heavy atom. The molecule has 4 aromatic heterocycles. The van der Waals surface area contributed by atoms with Crippen LogP contribution in [0.2, 0.25) is 0 Å². The van der Waals surface area contributed by atoms with Gasteiger partial charge in [0, 0.05) is 190 Å². The van der Waals surface area contributed by atoms with E-state index in [0.29, 0.717) is 0 Å². The Morgan fingerprint density at radius 3 is 0.801 bits per heavy atom. The van der Waals surface area contributed by atoms with Crippen molar-refractivity contribution in [2.24, 2.45) is 0 Å². The van der Waals surface area contributed by atoms with E-state index in [1.807, 2.05) is 217 Å². The third kappa shape index (κ3) is 18.0. The number of benzene rings is 16. The average Bonchev–Trinajstić information content (AvgIpc) is 1.34. The van der Waals surface area contributed by atoms with Gasteiger partial charge in [-0.15, -0.1) is 186 Å². The zero-order chi connectivity index (χ0) is 94.8. The van der Waals surface area contributed by atoms with Gasteiger partial charge in [0.25, 0.3) is 0 Å². The second-order valence-electron chi connectivity index (χ2n) is 34.3. The molecule has 0 spiro atoms. The molecule has 28 rings (SSSR count). The number of nitrogens with zero attached hydrogens (tertiary/aromatic N) is 18. The molecule has 0 bridgehead atoms. The van der Waals surface area contributed by atoms with Crippen molar-refractivity contribution in [3.63, 3.8) is 0 Å². The van der Waals surface area contributed by atoms with Gasteiger partial charge in [-0.1, -0.05) is 138 Å². The largest absolute Gasteiger partial charge is 0.513 e. The molecule has 0 radical (unpaired) electrons. The molecule has 0 saturated heterocycles. The summed E-state index contributed by atoms with van der Waals surface area (Å²) < 4.78 is 28.7. The Morgan fingerprint density at radius 1 is 0.199 bits per heavy atom. The van der Waals surface area contributed by atoms with Gasteiger partial charge in [0.2, 0.25) is 0 Å². The van der Waals surface area contributed by atoms with Crippen LogP contribution < -0.4 is 77.7 Å². The van der Waals surface area contributed by atoms with Crippen molar-refractivity contribution < 1.29 is 103 Å². The summed E-state index contributed by atoms with van der Waals surface area (Å²) in [6.07, 6.45) is 10.9. The number of hydrogen-bond acceptors (Lipinski definition) is 20. The predicted molar refractivity (Wildman–Crippen MR) is 561 cm³/mol. The van der Waals surface area contributed by atoms with E-state index in [2.05, 4.69) is 346 Å².